The maximum absolute atomic E-state index is 12.1. The van der Waals surface area contributed by atoms with Gasteiger partial charge in [0.1, 0.15) is 10.6 Å². The van der Waals surface area contributed by atoms with Gasteiger partial charge >= 0.3 is 0 Å². The van der Waals surface area contributed by atoms with Gasteiger partial charge in [-0.3, -0.25) is 9.59 Å². The lowest BCUT2D eigenvalue weighted by Crippen LogP contribution is -2.21. The number of nitrogen functional groups attached to an aromatic ring is 1. The minimum Gasteiger partial charge on any atom is -0.468 e. The summed E-state index contributed by atoms with van der Waals surface area (Å²) in [5, 5.41) is 3.86. The molecule has 0 bridgehead atoms. The Balaban J connectivity index is 2.28. The summed E-state index contributed by atoms with van der Waals surface area (Å²) in [4.78, 5) is 23.9. The molecule has 22 heavy (non-hydrogen) atoms. The molecule has 1 unspecified atom stereocenters. The smallest absolute Gasteiger partial charge is 0.260 e. The quantitative estimate of drug-likeness (QED) is 0.805. The zero-order valence-electron chi connectivity index (χ0n) is 12.1. The summed E-state index contributed by atoms with van der Waals surface area (Å²) in [6, 6.07) is 3.54. The molecule has 1 aliphatic heterocycles. The summed E-state index contributed by atoms with van der Waals surface area (Å²) < 4.78 is 5.50. The molecular weight excluding hydrogens is 302 g/mol. The number of hydrogen-bond acceptors (Lipinski definition) is 6. The molecule has 5 N–H and O–H groups in total. The van der Waals surface area contributed by atoms with E-state index in [0.717, 1.165) is 10.7 Å². The first-order chi connectivity index (χ1) is 10.4. The van der Waals surface area contributed by atoms with E-state index in [2.05, 4.69) is 5.32 Å². The molecule has 0 saturated heterocycles. The summed E-state index contributed by atoms with van der Waals surface area (Å²) >= 11 is 1.19. The number of fused-ring (bicyclic) bond motifs is 1. The fraction of sp³-hybridized carbons (Fsp3) is 0.200. The second kappa shape index (κ2) is 5.03. The third-order valence-corrected chi connectivity index (χ3v) is 4.85. The second-order valence-corrected chi connectivity index (χ2v) is 6.14. The molecule has 3 heterocycles. The molecule has 1 amide bonds. The van der Waals surface area contributed by atoms with Crippen molar-refractivity contribution < 1.29 is 14.0 Å². The Morgan fingerprint density at radius 1 is 1.41 bits per heavy atom. The number of Topliss-reactive ketones (excluding diaryl/α,β-unsaturated/α-hetero) is 1. The second-order valence-electron chi connectivity index (χ2n) is 5.12. The van der Waals surface area contributed by atoms with Crippen LogP contribution < -0.4 is 16.8 Å². The molecule has 2 aromatic heterocycles. The van der Waals surface area contributed by atoms with Gasteiger partial charge in [-0.05, 0) is 26.0 Å². The van der Waals surface area contributed by atoms with Crippen LogP contribution in [0.3, 0.4) is 0 Å². The average molecular weight is 317 g/mol. The van der Waals surface area contributed by atoms with Crippen molar-refractivity contribution in [3.8, 4) is 0 Å². The zero-order chi connectivity index (χ0) is 16.0. The molecule has 0 radical (unpaired) electrons. The van der Waals surface area contributed by atoms with Gasteiger partial charge in [0.05, 0.1) is 22.9 Å². The topological polar surface area (TPSA) is 111 Å². The number of amides is 1. The number of carbonyl (C=O) groups is 2. The molecular formula is C15H15N3O3S. The molecule has 1 aliphatic rings. The highest BCUT2D eigenvalue weighted by Gasteiger charge is 2.37. The summed E-state index contributed by atoms with van der Waals surface area (Å²) in [6.45, 7) is 3.31. The van der Waals surface area contributed by atoms with Crippen molar-refractivity contribution >= 4 is 33.7 Å². The van der Waals surface area contributed by atoms with Crippen LogP contribution in [0.2, 0.25) is 0 Å². The number of anilines is 2. The summed E-state index contributed by atoms with van der Waals surface area (Å²) in [5.74, 6) is -0.497. The molecule has 1 atom stereocenters. The third kappa shape index (κ3) is 2.01. The third-order valence-electron chi connectivity index (χ3n) is 3.70. The lowest BCUT2D eigenvalue weighted by Gasteiger charge is -2.26. The molecule has 0 saturated carbocycles. The van der Waals surface area contributed by atoms with E-state index in [9.17, 15) is 9.59 Å². The van der Waals surface area contributed by atoms with Crippen molar-refractivity contribution in [1.29, 1.82) is 0 Å². The van der Waals surface area contributed by atoms with E-state index in [1.165, 1.54) is 18.3 Å². The van der Waals surface area contributed by atoms with E-state index in [4.69, 9.17) is 15.9 Å². The van der Waals surface area contributed by atoms with E-state index in [0.29, 0.717) is 22.6 Å². The fourth-order valence-electron chi connectivity index (χ4n) is 2.82. The Bertz CT molecular complexity index is 802. The van der Waals surface area contributed by atoms with Crippen molar-refractivity contribution in [2.45, 2.75) is 19.8 Å². The highest BCUT2D eigenvalue weighted by molar-refractivity contribution is 7.18. The van der Waals surface area contributed by atoms with Crippen molar-refractivity contribution in [3.05, 3.63) is 45.9 Å². The molecule has 0 aliphatic carbocycles. The number of primary amides is 1. The maximum atomic E-state index is 12.1. The molecule has 0 spiro atoms. The predicted molar refractivity (Wildman–Crippen MR) is 84.8 cm³/mol. The van der Waals surface area contributed by atoms with Crippen molar-refractivity contribution in [2.24, 2.45) is 5.73 Å². The Morgan fingerprint density at radius 3 is 2.68 bits per heavy atom. The van der Waals surface area contributed by atoms with Gasteiger partial charge in [0, 0.05) is 16.8 Å². The van der Waals surface area contributed by atoms with Crippen LogP contribution in [0, 0.1) is 0 Å². The van der Waals surface area contributed by atoms with Gasteiger partial charge < -0.3 is 21.2 Å². The van der Waals surface area contributed by atoms with Gasteiger partial charge in [0.15, 0.2) is 5.78 Å². The first-order valence-corrected chi connectivity index (χ1v) is 7.47. The van der Waals surface area contributed by atoms with Crippen molar-refractivity contribution in [3.63, 3.8) is 0 Å². The number of thiophene rings is 1. The molecule has 3 rings (SSSR count). The molecule has 7 heteroatoms. The largest absolute Gasteiger partial charge is 0.468 e. The Morgan fingerprint density at radius 2 is 2.14 bits per heavy atom. The minimum absolute atomic E-state index is 0.0803. The fourth-order valence-corrected chi connectivity index (χ4v) is 3.89. The van der Waals surface area contributed by atoms with Gasteiger partial charge in [-0.25, -0.2) is 0 Å². The monoisotopic (exact) mass is 317 g/mol. The van der Waals surface area contributed by atoms with Crippen LogP contribution in [0.1, 0.15) is 40.8 Å². The number of ketones is 1. The van der Waals surface area contributed by atoms with E-state index in [-0.39, 0.29) is 10.7 Å². The summed E-state index contributed by atoms with van der Waals surface area (Å²) in [6.07, 6.45) is 1.54. The number of hydrogen-bond donors (Lipinski definition) is 3. The van der Waals surface area contributed by atoms with Crippen molar-refractivity contribution in [1.82, 2.24) is 0 Å². The summed E-state index contributed by atoms with van der Waals surface area (Å²) in [7, 11) is 0. The molecule has 0 aromatic carbocycles. The lowest BCUT2D eigenvalue weighted by atomic mass is 9.83. The van der Waals surface area contributed by atoms with E-state index in [1.54, 1.807) is 18.4 Å². The molecule has 2 aromatic rings. The van der Waals surface area contributed by atoms with Gasteiger partial charge in [0.25, 0.3) is 5.91 Å². The number of nitrogens with two attached hydrogens (primary N) is 2. The standard InChI is InChI=1S/C15H15N3O3S/c1-6-9(7(2)19)10(8-4-3-5-21-8)11-12(16)13(14(17)20)22-15(11)18-6/h3-5,10,18H,16H2,1-2H3,(H2,17,20). The van der Waals surface area contributed by atoms with Gasteiger partial charge in [-0.15, -0.1) is 11.3 Å². The van der Waals surface area contributed by atoms with E-state index >= 15 is 0 Å². The summed E-state index contributed by atoms with van der Waals surface area (Å²) in [5.41, 5.74) is 13.8. The number of carbonyl (C=O) groups excluding carboxylic acids is 2. The van der Waals surface area contributed by atoms with Crippen LogP contribution in [0.25, 0.3) is 0 Å². The number of allylic oxidation sites excluding steroid dienone is 2. The van der Waals surface area contributed by atoms with Gasteiger partial charge in [-0.1, -0.05) is 0 Å². The number of furan rings is 1. The Labute approximate surface area is 130 Å². The Kier molecular flexibility index (Phi) is 3.29. The zero-order valence-corrected chi connectivity index (χ0v) is 12.9. The minimum atomic E-state index is -0.584. The van der Waals surface area contributed by atoms with Crippen LogP contribution in [-0.4, -0.2) is 11.7 Å². The maximum Gasteiger partial charge on any atom is 0.260 e. The van der Waals surface area contributed by atoms with Crippen LogP contribution in [0.5, 0.6) is 0 Å². The molecule has 6 nitrogen and oxygen atoms in total. The van der Waals surface area contributed by atoms with Gasteiger partial charge in [-0.2, -0.15) is 0 Å². The normalized spacial score (nSPS) is 17.1. The Hall–Kier alpha value is -2.54. The van der Waals surface area contributed by atoms with Crippen molar-refractivity contribution in [2.75, 3.05) is 11.1 Å². The molecule has 0 fully saturated rings. The van der Waals surface area contributed by atoms with Crippen LogP contribution >= 0.6 is 11.3 Å². The van der Waals surface area contributed by atoms with E-state index in [1.807, 2.05) is 6.92 Å². The highest BCUT2D eigenvalue weighted by Crippen LogP contribution is 2.49. The highest BCUT2D eigenvalue weighted by atomic mass is 32.1. The van der Waals surface area contributed by atoms with Crippen LogP contribution in [0.15, 0.2) is 34.1 Å². The van der Waals surface area contributed by atoms with Crippen LogP contribution in [-0.2, 0) is 4.79 Å². The number of rotatable bonds is 3. The first kappa shape index (κ1) is 14.4. The molecule has 114 valence electrons. The van der Waals surface area contributed by atoms with E-state index < -0.39 is 11.8 Å². The SMILES string of the molecule is CC(=O)C1=C(C)Nc2sc(C(N)=O)c(N)c2C1c1ccco1. The average Bonchev–Trinajstić information content (AvgIpc) is 3.05. The predicted octanol–water partition coefficient (Wildman–Crippen LogP) is 2.44. The van der Waals surface area contributed by atoms with Crippen LogP contribution in [0.4, 0.5) is 10.7 Å². The number of nitrogens with one attached hydrogen (secondary N) is 1. The van der Waals surface area contributed by atoms with Gasteiger partial charge in [0.2, 0.25) is 0 Å². The lowest BCUT2D eigenvalue weighted by molar-refractivity contribution is -0.113. The first-order valence-electron chi connectivity index (χ1n) is 6.66.